The molecule has 1 aromatic heterocycles. The molecule has 22 heavy (non-hydrogen) atoms. The minimum atomic E-state index is -0.491. The highest BCUT2D eigenvalue weighted by Gasteiger charge is 2.28. The molecule has 1 aromatic carbocycles. The molecule has 1 saturated carbocycles. The first kappa shape index (κ1) is 15.1. The van der Waals surface area contributed by atoms with Crippen LogP contribution in [0.25, 0.3) is 0 Å². The number of amides is 2. The number of hydrogen-bond acceptors (Lipinski definition) is 5. The third-order valence-corrected chi connectivity index (χ3v) is 4.40. The summed E-state index contributed by atoms with van der Waals surface area (Å²) in [6.45, 7) is 0.306. The first-order chi connectivity index (χ1) is 10.7. The number of thiazole rings is 1. The topological polar surface area (TPSA) is 89.3 Å². The second-order valence-corrected chi connectivity index (χ2v) is 6.69. The number of carbonyl (C=O) groups excluding carboxylic acids is 1. The molecule has 4 N–H and O–H groups in total. The molecular formula is C14H15ClN4O2S. The van der Waals surface area contributed by atoms with Crippen LogP contribution in [-0.4, -0.2) is 11.0 Å². The summed E-state index contributed by atoms with van der Waals surface area (Å²) in [7, 11) is 0. The highest BCUT2D eigenvalue weighted by Crippen LogP contribution is 2.47. The molecule has 116 valence electrons. The Morgan fingerprint density at radius 2 is 2.32 bits per heavy atom. The van der Waals surface area contributed by atoms with Gasteiger partial charge in [0, 0.05) is 0 Å². The summed E-state index contributed by atoms with van der Waals surface area (Å²) in [6, 6.07) is 5.21. The number of nitrogens with two attached hydrogens (primary N) is 1. The van der Waals surface area contributed by atoms with Gasteiger partial charge < -0.3 is 10.1 Å². The summed E-state index contributed by atoms with van der Waals surface area (Å²) in [4.78, 5) is 15.6. The van der Waals surface area contributed by atoms with Crippen molar-refractivity contribution < 1.29 is 9.53 Å². The Labute approximate surface area is 136 Å². The van der Waals surface area contributed by atoms with Gasteiger partial charge in [-0.1, -0.05) is 23.7 Å². The van der Waals surface area contributed by atoms with E-state index in [2.05, 4.69) is 10.3 Å². The fraction of sp³-hybridized carbons (Fsp3) is 0.286. The number of rotatable bonds is 5. The maximum Gasteiger partial charge on any atom is 0.333 e. The zero-order valence-corrected chi connectivity index (χ0v) is 13.2. The lowest BCUT2D eigenvalue weighted by Gasteiger charge is -2.15. The highest BCUT2D eigenvalue weighted by molar-refractivity contribution is 7.15. The van der Waals surface area contributed by atoms with Crippen LogP contribution in [0.4, 0.5) is 10.5 Å². The van der Waals surface area contributed by atoms with Crippen molar-refractivity contribution in [3.05, 3.63) is 39.3 Å². The molecule has 1 aliphatic carbocycles. The van der Waals surface area contributed by atoms with Crippen molar-refractivity contribution in [3.63, 3.8) is 0 Å². The van der Waals surface area contributed by atoms with E-state index >= 15 is 0 Å². The van der Waals surface area contributed by atoms with Crippen LogP contribution in [-0.2, 0) is 6.61 Å². The van der Waals surface area contributed by atoms with Crippen LogP contribution >= 0.6 is 22.9 Å². The fourth-order valence-corrected chi connectivity index (χ4v) is 3.05. The molecule has 1 fully saturated rings. The molecule has 8 heteroatoms. The Kier molecular flexibility index (Phi) is 4.47. The molecule has 0 atom stereocenters. The molecule has 2 aromatic rings. The second-order valence-electron chi connectivity index (χ2n) is 4.94. The van der Waals surface area contributed by atoms with Crippen LogP contribution in [0.5, 0.6) is 5.75 Å². The number of hydrogen-bond donors (Lipinski definition) is 3. The van der Waals surface area contributed by atoms with Crippen LogP contribution in [0.15, 0.2) is 24.4 Å². The maximum absolute atomic E-state index is 11.5. The van der Waals surface area contributed by atoms with Gasteiger partial charge in [0.2, 0.25) is 0 Å². The lowest BCUT2D eigenvalue weighted by Crippen LogP contribution is -2.34. The third-order valence-electron chi connectivity index (χ3n) is 3.31. The third kappa shape index (κ3) is 3.49. The normalized spacial score (nSPS) is 13.7. The largest absolute Gasteiger partial charge is 0.484 e. The number of nitrogens with zero attached hydrogens (tertiary/aromatic N) is 1. The number of carbonyl (C=O) groups is 1. The Balaban J connectivity index is 1.83. The number of halogens is 1. The molecule has 1 heterocycles. The van der Waals surface area contributed by atoms with Gasteiger partial charge in [-0.2, -0.15) is 0 Å². The number of nitrogens with one attached hydrogen (secondary N) is 2. The standard InChI is InChI=1S/C14H15ClN4O2S/c15-11-6-17-12(22-11)7-21-13-9(8-4-5-8)2-1-3-10(13)18-14(20)19-16/h1-3,6,8H,4-5,7,16H2,(H2,18,19,20). The van der Waals surface area contributed by atoms with Crippen LogP contribution in [0.1, 0.15) is 29.3 Å². The van der Waals surface area contributed by atoms with Gasteiger partial charge in [-0.3, -0.25) is 5.43 Å². The molecule has 2 amide bonds. The van der Waals surface area contributed by atoms with Crippen LogP contribution in [0.2, 0.25) is 4.34 Å². The van der Waals surface area contributed by atoms with Crippen molar-refractivity contribution in [3.8, 4) is 5.75 Å². The predicted molar refractivity (Wildman–Crippen MR) is 86.2 cm³/mol. The average molecular weight is 339 g/mol. The number of para-hydroxylation sites is 1. The average Bonchev–Trinajstić information content (AvgIpc) is 3.28. The number of benzene rings is 1. The zero-order chi connectivity index (χ0) is 15.5. The molecule has 1 aliphatic rings. The lowest BCUT2D eigenvalue weighted by molar-refractivity contribution is 0.252. The van der Waals surface area contributed by atoms with Crippen LogP contribution < -0.4 is 21.3 Å². The lowest BCUT2D eigenvalue weighted by atomic mass is 10.1. The smallest absolute Gasteiger partial charge is 0.333 e. The van der Waals surface area contributed by atoms with Crippen molar-refractivity contribution in [2.45, 2.75) is 25.4 Å². The summed E-state index contributed by atoms with van der Waals surface area (Å²) in [5, 5.41) is 3.46. The Morgan fingerprint density at radius 3 is 2.95 bits per heavy atom. The molecular weight excluding hydrogens is 324 g/mol. The van der Waals surface area contributed by atoms with Crippen molar-refractivity contribution >= 4 is 34.7 Å². The van der Waals surface area contributed by atoms with E-state index in [-0.39, 0.29) is 0 Å². The van der Waals surface area contributed by atoms with E-state index in [1.54, 1.807) is 12.3 Å². The number of ether oxygens (including phenoxy) is 1. The zero-order valence-electron chi connectivity index (χ0n) is 11.6. The van der Waals surface area contributed by atoms with Gasteiger partial charge in [0.15, 0.2) is 0 Å². The molecule has 6 nitrogen and oxygen atoms in total. The first-order valence-corrected chi connectivity index (χ1v) is 8.00. The summed E-state index contributed by atoms with van der Waals surface area (Å²) >= 11 is 7.24. The Hall–Kier alpha value is -1.83. The van der Waals surface area contributed by atoms with E-state index in [4.69, 9.17) is 22.2 Å². The monoisotopic (exact) mass is 338 g/mol. The Morgan fingerprint density at radius 1 is 1.50 bits per heavy atom. The minimum Gasteiger partial charge on any atom is -0.484 e. The van der Waals surface area contributed by atoms with E-state index in [0.29, 0.717) is 28.3 Å². The number of anilines is 1. The molecule has 0 bridgehead atoms. The van der Waals surface area contributed by atoms with E-state index in [0.717, 1.165) is 23.4 Å². The summed E-state index contributed by atoms with van der Waals surface area (Å²) in [5.74, 6) is 6.27. The van der Waals surface area contributed by atoms with Gasteiger partial charge in [0.25, 0.3) is 0 Å². The molecule has 0 radical (unpaired) electrons. The molecule has 0 unspecified atom stereocenters. The van der Waals surface area contributed by atoms with Gasteiger partial charge in [-0.15, -0.1) is 11.3 Å². The van der Waals surface area contributed by atoms with E-state index < -0.39 is 6.03 Å². The highest BCUT2D eigenvalue weighted by atomic mass is 35.5. The summed E-state index contributed by atoms with van der Waals surface area (Å²) in [6.07, 6.45) is 3.86. The minimum absolute atomic E-state index is 0.306. The van der Waals surface area contributed by atoms with Crippen LogP contribution in [0.3, 0.4) is 0 Å². The molecule has 3 rings (SSSR count). The van der Waals surface area contributed by atoms with Gasteiger partial charge in [0.05, 0.1) is 11.9 Å². The predicted octanol–water partition coefficient (Wildman–Crippen LogP) is 3.25. The van der Waals surface area contributed by atoms with Crippen LogP contribution in [0, 0.1) is 0 Å². The van der Waals surface area contributed by atoms with Gasteiger partial charge in [-0.25, -0.2) is 15.6 Å². The number of aromatic nitrogens is 1. The van der Waals surface area contributed by atoms with E-state index in [9.17, 15) is 4.79 Å². The SMILES string of the molecule is NNC(=O)Nc1cccc(C2CC2)c1OCc1ncc(Cl)s1. The molecule has 0 aliphatic heterocycles. The first-order valence-electron chi connectivity index (χ1n) is 6.81. The Bertz CT molecular complexity index is 687. The number of hydrazine groups is 1. The maximum atomic E-state index is 11.5. The summed E-state index contributed by atoms with van der Waals surface area (Å²) in [5.41, 5.74) is 3.74. The van der Waals surface area contributed by atoms with Gasteiger partial charge >= 0.3 is 6.03 Å². The van der Waals surface area contributed by atoms with Crippen molar-refractivity contribution in [1.29, 1.82) is 0 Å². The van der Waals surface area contributed by atoms with Crippen molar-refractivity contribution in [1.82, 2.24) is 10.4 Å². The van der Waals surface area contributed by atoms with E-state index in [1.807, 2.05) is 17.6 Å². The summed E-state index contributed by atoms with van der Waals surface area (Å²) < 4.78 is 6.54. The van der Waals surface area contributed by atoms with Gasteiger partial charge in [-0.05, 0) is 30.4 Å². The van der Waals surface area contributed by atoms with Gasteiger partial charge in [0.1, 0.15) is 21.7 Å². The molecule has 0 spiro atoms. The van der Waals surface area contributed by atoms with Crippen molar-refractivity contribution in [2.75, 3.05) is 5.32 Å². The number of urea groups is 1. The second kappa shape index (κ2) is 6.51. The van der Waals surface area contributed by atoms with Crippen molar-refractivity contribution in [2.24, 2.45) is 5.84 Å². The quantitative estimate of drug-likeness (QED) is 0.443. The van der Waals surface area contributed by atoms with E-state index in [1.165, 1.54) is 11.3 Å². The fourth-order valence-electron chi connectivity index (χ4n) is 2.18. The molecule has 0 saturated heterocycles.